The third-order valence-electron chi connectivity index (χ3n) is 12.0. The van der Waals surface area contributed by atoms with E-state index in [4.69, 9.17) is 0 Å². The van der Waals surface area contributed by atoms with Crippen LogP contribution in [0.4, 0.5) is 17.1 Å². The number of nitrogens with zero attached hydrogens (tertiary/aromatic N) is 1. The molecule has 1 nitrogen and oxygen atoms in total. The molecule has 0 fully saturated rings. The van der Waals surface area contributed by atoms with Crippen LogP contribution >= 0.6 is 22.7 Å². The van der Waals surface area contributed by atoms with Crippen molar-refractivity contribution < 1.29 is 0 Å². The van der Waals surface area contributed by atoms with E-state index in [0.717, 1.165) is 17.1 Å². The van der Waals surface area contributed by atoms with E-state index in [9.17, 15) is 0 Å². The van der Waals surface area contributed by atoms with E-state index in [0.29, 0.717) is 0 Å². The maximum absolute atomic E-state index is 2.41. The number of benzene rings is 10. The highest BCUT2D eigenvalue weighted by Gasteiger charge is 2.17. The molecule has 0 saturated heterocycles. The van der Waals surface area contributed by atoms with E-state index < -0.39 is 0 Å². The van der Waals surface area contributed by atoms with Gasteiger partial charge in [-0.25, -0.2) is 0 Å². The summed E-state index contributed by atoms with van der Waals surface area (Å²) in [6, 6.07) is 82.5. The van der Waals surface area contributed by atoms with E-state index in [1.165, 1.54) is 95.6 Å². The average molecular weight is 812 g/mol. The summed E-state index contributed by atoms with van der Waals surface area (Å²) >= 11 is 3.74. The van der Waals surface area contributed by atoms with Crippen molar-refractivity contribution in [1.82, 2.24) is 0 Å². The predicted octanol–water partition coefficient (Wildman–Crippen LogP) is 17.7. The Hall–Kier alpha value is -7.30. The van der Waals surface area contributed by atoms with E-state index in [2.05, 4.69) is 229 Å². The van der Waals surface area contributed by atoms with Crippen LogP contribution in [0.3, 0.4) is 0 Å². The van der Waals surface area contributed by atoms with E-state index in [-0.39, 0.29) is 0 Å². The Balaban J connectivity index is 0.985. The summed E-state index contributed by atoms with van der Waals surface area (Å²) in [5.41, 5.74) is 12.9. The molecule has 12 rings (SSSR count). The molecular weight excluding hydrogens is 775 g/mol. The summed E-state index contributed by atoms with van der Waals surface area (Å²) in [6.07, 6.45) is 0. The Labute approximate surface area is 362 Å². The molecule has 0 aliphatic rings. The fourth-order valence-corrected chi connectivity index (χ4v) is 11.4. The first-order chi connectivity index (χ1) is 30.2. The Kier molecular flexibility index (Phi) is 8.62. The summed E-state index contributed by atoms with van der Waals surface area (Å²) < 4.78 is 5.29. The predicted molar refractivity (Wildman–Crippen MR) is 266 cm³/mol. The van der Waals surface area contributed by atoms with Crippen molar-refractivity contribution in [2.75, 3.05) is 4.90 Å². The molecule has 0 N–H and O–H groups in total. The van der Waals surface area contributed by atoms with Gasteiger partial charge in [0.2, 0.25) is 0 Å². The number of hydrogen-bond donors (Lipinski definition) is 0. The summed E-state index contributed by atoms with van der Waals surface area (Å²) in [6.45, 7) is 0. The minimum absolute atomic E-state index is 1.10. The standard InChI is InChI=1S/C58H37NS2/c1-2-13-39-32-44(29-28-38(39)12-1)42-16-9-20-48(35-42)59(49-21-10-17-43(36-49)45-30-31-57-54(37-45)52-23-4-5-26-55(52)60-57)47-19-8-15-41(34-47)40-14-7-18-46(33-40)50-24-11-25-53-51-22-3-6-27-56(51)61-58(50)53/h1-37H. The van der Waals surface area contributed by atoms with Gasteiger partial charge in [-0.05, 0) is 128 Å². The Morgan fingerprint density at radius 1 is 0.262 bits per heavy atom. The molecular formula is C58H37NS2. The van der Waals surface area contributed by atoms with Gasteiger partial charge in [0, 0.05) is 57.4 Å². The average Bonchev–Trinajstić information content (AvgIpc) is 3.90. The van der Waals surface area contributed by atoms with Crippen LogP contribution in [0.25, 0.3) is 95.6 Å². The van der Waals surface area contributed by atoms with Crippen molar-refractivity contribution in [3.63, 3.8) is 0 Å². The van der Waals surface area contributed by atoms with Crippen molar-refractivity contribution in [1.29, 1.82) is 0 Å². The van der Waals surface area contributed by atoms with Crippen LogP contribution in [-0.2, 0) is 0 Å². The Morgan fingerprint density at radius 2 is 0.738 bits per heavy atom. The first-order valence-electron chi connectivity index (χ1n) is 20.7. The fraction of sp³-hybridized carbons (Fsp3) is 0. The van der Waals surface area contributed by atoms with Gasteiger partial charge in [-0.2, -0.15) is 0 Å². The molecule has 0 atom stereocenters. The third-order valence-corrected chi connectivity index (χ3v) is 14.4. The summed E-state index contributed by atoms with van der Waals surface area (Å²) in [4.78, 5) is 2.41. The van der Waals surface area contributed by atoms with E-state index in [1.807, 2.05) is 22.7 Å². The molecule has 0 unspecified atom stereocenters. The quantitative estimate of drug-likeness (QED) is 0.155. The zero-order valence-corrected chi connectivity index (χ0v) is 34.8. The molecule has 61 heavy (non-hydrogen) atoms. The molecule has 0 saturated carbocycles. The van der Waals surface area contributed by atoms with Gasteiger partial charge >= 0.3 is 0 Å². The monoisotopic (exact) mass is 811 g/mol. The lowest BCUT2D eigenvalue weighted by Crippen LogP contribution is -2.10. The molecule has 0 aliphatic carbocycles. The van der Waals surface area contributed by atoms with Crippen LogP contribution in [0.15, 0.2) is 224 Å². The van der Waals surface area contributed by atoms with E-state index in [1.54, 1.807) is 0 Å². The lowest BCUT2D eigenvalue weighted by Gasteiger charge is -2.27. The summed E-state index contributed by atoms with van der Waals surface area (Å²) in [5, 5.41) is 7.75. The second-order valence-corrected chi connectivity index (χ2v) is 17.9. The smallest absolute Gasteiger partial charge is 0.0467 e. The molecule has 0 radical (unpaired) electrons. The number of rotatable bonds is 7. The molecule has 3 heteroatoms. The highest BCUT2D eigenvalue weighted by atomic mass is 32.1. The van der Waals surface area contributed by atoms with Gasteiger partial charge in [-0.3, -0.25) is 0 Å². The van der Waals surface area contributed by atoms with Crippen molar-refractivity contribution in [3.8, 4) is 44.5 Å². The van der Waals surface area contributed by atoms with Gasteiger partial charge in [0.25, 0.3) is 0 Å². The van der Waals surface area contributed by atoms with Crippen LogP contribution in [0.1, 0.15) is 0 Å². The van der Waals surface area contributed by atoms with Crippen molar-refractivity contribution in [2.24, 2.45) is 0 Å². The number of anilines is 3. The van der Waals surface area contributed by atoms with Gasteiger partial charge in [-0.1, -0.05) is 152 Å². The number of thiophene rings is 2. The second-order valence-electron chi connectivity index (χ2n) is 15.7. The highest BCUT2D eigenvalue weighted by Crippen LogP contribution is 2.43. The lowest BCUT2D eigenvalue weighted by molar-refractivity contribution is 1.28. The lowest BCUT2D eigenvalue weighted by atomic mass is 9.97. The van der Waals surface area contributed by atoms with Crippen LogP contribution in [0.5, 0.6) is 0 Å². The maximum Gasteiger partial charge on any atom is 0.0467 e. The molecule has 0 bridgehead atoms. The Morgan fingerprint density at radius 3 is 1.44 bits per heavy atom. The van der Waals surface area contributed by atoms with Gasteiger partial charge in [-0.15, -0.1) is 22.7 Å². The van der Waals surface area contributed by atoms with E-state index >= 15 is 0 Å². The zero-order valence-electron chi connectivity index (χ0n) is 33.1. The van der Waals surface area contributed by atoms with Gasteiger partial charge in [0.1, 0.15) is 0 Å². The molecule has 0 spiro atoms. The molecule has 2 aromatic heterocycles. The van der Waals surface area contributed by atoms with Gasteiger partial charge in [0.15, 0.2) is 0 Å². The molecule has 2 heterocycles. The molecule has 10 aromatic carbocycles. The minimum atomic E-state index is 1.10. The van der Waals surface area contributed by atoms with Crippen molar-refractivity contribution in [2.45, 2.75) is 0 Å². The van der Waals surface area contributed by atoms with Crippen molar-refractivity contribution in [3.05, 3.63) is 224 Å². The normalized spacial score (nSPS) is 11.6. The Bertz CT molecular complexity index is 3630. The van der Waals surface area contributed by atoms with Crippen LogP contribution in [0.2, 0.25) is 0 Å². The highest BCUT2D eigenvalue weighted by molar-refractivity contribution is 7.26. The van der Waals surface area contributed by atoms with Crippen LogP contribution < -0.4 is 4.90 Å². The number of fused-ring (bicyclic) bond motifs is 7. The molecule has 0 amide bonds. The van der Waals surface area contributed by atoms with Crippen LogP contribution in [-0.4, -0.2) is 0 Å². The first-order valence-corrected chi connectivity index (χ1v) is 22.4. The fourth-order valence-electron chi connectivity index (χ4n) is 9.04. The third kappa shape index (κ3) is 6.38. The zero-order chi connectivity index (χ0) is 40.3. The first kappa shape index (κ1) is 35.6. The summed E-state index contributed by atoms with van der Waals surface area (Å²) in [5.74, 6) is 0. The van der Waals surface area contributed by atoms with Crippen molar-refractivity contribution >= 4 is 90.9 Å². The molecule has 286 valence electrons. The summed E-state index contributed by atoms with van der Waals surface area (Å²) in [7, 11) is 0. The maximum atomic E-state index is 2.41. The largest absolute Gasteiger partial charge is 0.310 e. The molecule has 12 aromatic rings. The van der Waals surface area contributed by atoms with Gasteiger partial charge in [0.05, 0.1) is 0 Å². The minimum Gasteiger partial charge on any atom is -0.310 e. The molecule has 0 aliphatic heterocycles. The topological polar surface area (TPSA) is 3.24 Å². The van der Waals surface area contributed by atoms with Crippen LogP contribution in [0, 0.1) is 0 Å². The number of hydrogen-bond acceptors (Lipinski definition) is 3. The SMILES string of the molecule is c1cc(-c2cccc(N(c3cccc(-c4ccc5ccccc5c4)c3)c3cccc(-c4ccc5sc6ccccc6c5c4)c3)c2)cc(-c2cccc3c2sc2ccccc23)c1. The second kappa shape index (κ2) is 14.8. The van der Waals surface area contributed by atoms with Gasteiger partial charge < -0.3 is 4.90 Å².